The zero-order valence-corrected chi connectivity index (χ0v) is 13.4. The van der Waals surface area contributed by atoms with E-state index in [2.05, 4.69) is 72.4 Å². The van der Waals surface area contributed by atoms with Crippen LogP contribution >= 0.6 is 0 Å². The van der Waals surface area contributed by atoms with Crippen molar-refractivity contribution in [1.82, 2.24) is 9.88 Å². The first kappa shape index (κ1) is 15.8. The average molecular weight is 284 g/mol. The van der Waals surface area contributed by atoms with Gasteiger partial charge < -0.3 is 9.88 Å². The second-order valence-corrected chi connectivity index (χ2v) is 6.16. The van der Waals surface area contributed by atoms with Crippen LogP contribution in [0.25, 0.3) is 0 Å². The monoisotopic (exact) mass is 284 g/mol. The molecule has 2 aromatic rings. The molecule has 114 valence electrons. The predicted octanol–water partition coefficient (Wildman–Crippen LogP) is 4.26. The number of nitrogens with one attached hydrogen (secondary N) is 1. The normalized spacial score (nSPS) is 11.2. The zero-order chi connectivity index (χ0) is 14.9. The van der Waals surface area contributed by atoms with Crippen LogP contribution in [0.4, 0.5) is 0 Å². The van der Waals surface area contributed by atoms with Gasteiger partial charge >= 0.3 is 0 Å². The van der Waals surface area contributed by atoms with E-state index in [4.69, 9.17) is 0 Å². The van der Waals surface area contributed by atoms with E-state index in [0.29, 0.717) is 5.92 Å². The molecule has 0 saturated heterocycles. The van der Waals surface area contributed by atoms with Gasteiger partial charge in [-0.3, -0.25) is 0 Å². The Morgan fingerprint density at radius 1 is 1.00 bits per heavy atom. The van der Waals surface area contributed by atoms with Crippen molar-refractivity contribution >= 4 is 0 Å². The van der Waals surface area contributed by atoms with E-state index in [1.54, 1.807) is 0 Å². The minimum atomic E-state index is 0.708. The van der Waals surface area contributed by atoms with Crippen LogP contribution < -0.4 is 5.32 Å². The number of aromatic nitrogens is 1. The SMILES string of the molecule is CC(C)CNCc1cccn1CCCCc1ccccc1. The van der Waals surface area contributed by atoms with Crippen LogP contribution in [0, 0.1) is 5.92 Å². The van der Waals surface area contributed by atoms with Crippen molar-refractivity contribution in [3.63, 3.8) is 0 Å². The highest BCUT2D eigenvalue weighted by atomic mass is 15.0. The molecule has 0 spiro atoms. The summed E-state index contributed by atoms with van der Waals surface area (Å²) < 4.78 is 2.39. The highest BCUT2D eigenvalue weighted by molar-refractivity contribution is 5.14. The van der Waals surface area contributed by atoms with Gasteiger partial charge in [-0.2, -0.15) is 0 Å². The summed E-state index contributed by atoms with van der Waals surface area (Å²) in [6.45, 7) is 7.67. The van der Waals surface area contributed by atoms with Gasteiger partial charge in [-0.15, -0.1) is 0 Å². The first-order chi connectivity index (χ1) is 10.3. The lowest BCUT2D eigenvalue weighted by atomic mass is 10.1. The molecule has 0 saturated carbocycles. The summed E-state index contributed by atoms with van der Waals surface area (Å²) in [5.74, 6) is 0.708. The molecular weight excluding hydrogens is 256 g/mol. The molecular formula is C19H28N2. The topological polar surface area (TPSA) is 17.0 Å². The Morgan fingerprint density at radius 2 is 1.81 bits per heavy atom. The number of hydrogen-bond donors (Lipinski definition) is 1. The van der Waals surface area contributed by atoms with Gasteiger partial charge in [0, 0.05) is 25.0 Å². The van der Waals surface area contributed by atoms with Gasteiger partial charge in [-0.1, -0.05) is 44.2 Å². The maximum Gasteiger partial charge on any atom is 0.0359 e. The molecule has 2 heteroatoms. The van der Waals surface area contributed by atoms with Crippen LogP contribution in [-0.4, -0.2) is 11.1 Å². The maximum absolute atomic E-state index is 3.52. The maximum atomic E-state index is 3.52. The second-order valence-electron chi connectivity index (χ2n) is 6.16. The molecule has 0 atom stereocenters. The summed E-state index contributed by atoms with van der Waals surface area (Å²) in [5, 5.41) is 3.52. The molecule has 0 aliphatic heterocycles. The predicted molar refractivity (Wildman–Crippen MR) is 90.4 cm³/mol. The molecule has 1 aromatic carbocycles. The van der Waals surface area contributed by atoms with Crippen LogP contribution in [0.3, 0.4) is 0 Å². The lowest BCUT2D eigenvalue weighted by Crippen LogP contribution is -2.20. The Labute approximate surface area is 129 Å². The molecule has 2 rings (SSSR count). The molecule has 0 unspecified atom stereocenters. The molecule has 1 heterocycles. The van der Waals surface area contributed by atoms with Gasteiger partial charge in [0.1, 0.15) is 0 Å². The van der Waals surface area contributed by atoms with E-state index in [1.807, 2.05) is 0 Å². The van der Waals surface area contributed by atoms with E-state index >= 15 is 0 Å². The summed E-state index contributed by atoms with van der Waals surface area (Å²) in [6, 6.07) is 15.2. The average Bonchev–Trinajstić information content (AvgIpc) is 2.92. The van der Waals surface area contributed by atoms with Gasteiger partial charge in [0.25, 0.3) is 0 Å². The van der Waals surface area contributed by atoms with Crippen molar-refractivity contribution in [3.8, 4) is 0 Å². The lowest BCUT2D eigenvalue weighted by molar-refractivity contribution is 0.525. The summed E-state index contributed by atoms with van der Waals surface area (Å²) in [7, 11) is 0. The van der Waals surface area contributed by atoms with Crippen LogP contribution in [0.2, 0.25) is 0 Å². The summed E-state index contributed by atoms with van der Waals surface area (Å²) in [6.07, 6.45) is 5.87. The third kappa shape index (κ3) is 5.76. The Bertz CT molecular complexity index is 499. The highest BCUT2D eigenvalue weighted by Crippen LogP contribution is 2.08. The summed E-state index contributed by atoms with van der Waals surface area (Å²) in [5.41, 5.74) is 2.85. The van der Waals surface area contributed by atoms with Gasteiger partial charge in [0.05, 0.1) is 0 Å². The smallest absolute Gasteiger partial charge is 0.0359 e. The first-order valence-corrected chi connectivity index (χ1v) is 8.14. The van der Waals surface area contributed by atoms with Crippen molar-refractivity contribution in [1.29, 1.82) is 0 Å². The van der Waals surface area contributed by atoms with Crippen molar-refractivity contribution < 1.29 is 0 Å². The Kier molecular flexibility index (Phi) is 6.55. The number of hydrogen-bond acceptors (Lipinski definition) is 1. The van der Waals surface area contributed by atoms with Gasteiger partial charge in [0.15, 0.2) is 0 Å². The van der Waals surface area contributed by atoms with Crippen LogP contribution in [0.15, 0.2) is 48.7 Å². The van der Waals surface area contributed by atoms with E-state index in [1.165, 1.54) is 30.5 Å². The number of rotatable bonds is 9. The number of unbranched alkanes of at least 4 members (excludes halogenated alkanes) is 1. The molecule has 0 bridgehead atoms. The molecule has 0 fully saturated rings. The van der Waals surface area contributed by atoms with E-state index < -0.39 is 0 Å². The highest BCUT2D eigenvalue weighted by Gasteiger charge is 2.01. The van der Waals surface area contributed by atoms with Crippen molar-refractivity contribution in [2.24, 2.45) is 5.92 Å². The van der Waals surface area contributed by atoms with Crippen LogP contribution in [0.1, 0.15) is 37.9 Å². The Morgan fingerprint density at radius 3 is 2.57 bits per heavy atom. The van der Waals surface area contributed by atoms with E-state index in [0.717, 1.165) is 19.6 Å². The molecule has 0 amide bonds. The fourth-order valence-corrected chi connectivity index (χ4v) is 2.57. The van der Waals surface area contributed by atoms with Gasteiger partial charge in [-0.05, 0) is 49.4 Å². The molecule has 1 N–H and O–H groups in total. The second kappa shape index (κ2) is 8.68. The Hall–Kier alpha value is -1.54. The summed E-state index contributed by atoms with van der Waals surface area (Å²) >= 11 is 0. The first-order valence-electron chi connectivity index (χ1n) is 8.14. The summed E-state index contributed by atoms with van der Waals surface area (Å²) in [4.78, 5) is 0. The molecule has 21 heavy (non-hydrogen) atoms. The lowest BCUT2D eigenvalue weighted by Gasteiger charge is -2.11. The number of aryl methyl sites for hydroxylation is 2. The Balaban J connectivity index is 1.70. The van der Waals surface area contributed by atoms with E-state index in [-0.39, 0.29) is 0 Å². The van der Waals surface area contributed by atoms with Gasteiger partial charge in [-0.25, -0.2) is 0 Å². The molecule has 0 aliphatic carbocycles. The fourth-order valence-electron chi connectivity index (χ4n) is 2.57. The third-order valence-corrected chi connectivity index (χ3v) is 3.74. The zero-order valence-electron chi connectivity index (χ0n) is 13.4. The van der Waals surface area contributed by atoms with Crippen molar-refractivity contribution in [2.45, 2.75) is 46.2 Å². The minimum absolute atomic E-state index is 0.708. The molecule has 2 nitrogen and oxygen atoms in total. The number of nitrogens with zero attached hydrogens (tertiary/aromatic N) is 1. The fraction of sp³-hybridized carbons (Fsp3) is 0.474. The largest absolute Gasteiger partial charge is 0.350 e. The molecule has 1 aromatic heterocycles. The van der Waals surface area contributed by atoms with Crippen molar-refractivity contribution in [2.75, 3.05) is 6.54 Å². The molecule has 0 radical (unpaired) electrons. The number of benzene rings is 1. The third-order valence-electron chi connectivity index (χ3n) is 3.74. The van der Waals surface area contributed by atoms with Gasteiger partial charge in [0.2, 0.25) is 0 Å². The quantitative estimate of drug-likeness (QED) is 0.681. The van der Waals surface area contributed by atoms with Crippen molar-refractivity contribution in [3.05, 3.63) is 59.9 Å². The standard InChI is InChI=1S/C19H28N2/c1-17(2)15-20-16-19-12-8-14-21(19)13-7-6-11-18-9-4-3-5-10-18/h3-5,8-10,12,14,17,20H,6-7,11,13,15-16H2,1-2H3. The molecule has 0 aliphatic rings. The van der Waals surface area contributed by atoms with Crippen LogP contribution in [-0.2, 0) is 19.5 Å². The van der Waals surface area contributed by atoms with Crippen LogP contribution in [0.5, 0.6) is 0 Å². The van der Waals surface area contributed by atoms with E-state index in [9.17, 15) is 0 Å². The minimum Gasteiger partial charge on any atom is -0.350 e.